The molecule has 0 radical (unpaired) electrons. The molecule has 1 aliphatic heterocycles. The maximum absolute atomic E-state index is 12.8. The van der Waals surface area contributed by atoms with Gasteiger partial charge in [0, 0.05) is 17.0 Å². The molecule has 150 valence electrons. The number of hydrogen-bond acceptors (Lipinski definition) is 8. The topological polar surface area (TPSA) is 97.8 Å². The third-order valence-corrected chi connectivity index (χ3v) is 6.62. The highest BCUT2D eigenvalue weighted by atomic mass is 32.1. The van der Waals surface area contributed by atoms with Crippen LogP contribution in [0, 0.1) is 0 Å². The van der Waals surface area contributed by atoms with E-state index in [0.29, 0.717) is 35.6 Å². The lowest BCUT2D eigenvalue weighted by Gasteiger charge is -2.25. The molecule has 2 amide bonds. The van der Waals surface area contributed by atoms with E-state index in [1.54, 1.807) is 28.6 Å². The Morgan fingerprint density at radius 2 is 2.03 bits per heavy atom. The molecular weight excluding hydrogens is 414 g/mol. The largest absolute Gasteiger partial charge is 0.465 e. The van der Waals surface area contributed by atoms with Crippen LogP contribution in [0.15, 0.2) is 23.7 Å². The van der Waals surface area contributed by atoms with Crippen LogP contribution in [0.5, 0.6) is 0 Å². The lowest BCUT2D eigenvalue weighted by atomic mass is 10.0. The number of thiazole rings is 1. The second-order valence-electron chi connectivity index (χ2n) is 6.33. The van der Waals surface area contributed by atoms with Crippen molar-refractivity contribution in [1.82, 2.24) is 9.88 Å². The van der Waals surface area contributed by atoms with Crippen molar-refractivity contribution in [3.63, 3.8) is 0 Å². The van der Waals surface area contributed by atoms with Crippen LogP contribution in [0.1, 0.15) is 31.2 Å². The molecular formula is C19H17N3O5S2. The Bertz CT molecular complexity index is 1120. The first kappa shape index (κ1) is 19.3. The van der Waals surface area contributed by atoms with Crippen molar-refractivity contribution in [2.75, 3.05) is 26.1 Å². The van der Waals surface area contributed by atoms with E-state index < -0.39 is 12.1 Å². The zero-order valence-corrected chi connectivity index (χ0v) is 17.3. The minimum absolute atomic E-state index is 0.319. The maximum atomic E-state index is 12.8. The molecule has 0 atom stereocenters. The van der Waals surface area contributed by atoms with Gasteiger partial charge in [-0.2, -0.15) is 0 Å². The Balaban J connectivity index is 1.65. The van der Waals surface area contributed by atoms with Crippen LogP contribution in [-0.2, 0) is 22.4 Å². The van der Waals surface area contributed by atoms with Crippen LogP contribution in [0.4, 0.5) is 9.80 Å². The van der Waals surface area contributed by atoms with Gasteiger partial charge in [-0.05, 0) is 30.2 Å². The van der Waals surface area contributed by atoms with Crippen LogP contribution >= 0.6 is 22.7 Å². The second-order valence-corrected chi connectivity index (χ2v) is 8.32. The summed E-state index contributed by atoms with van der Waals surface area (Å²) in [5.41, 5.74) is 4.18. The second kappa shape index (κ2) is 7.80. The number of thiophene rings is 1. The van der Waals surface area contributed by atoms with Gasteiger partial charge in [-0.15, -0.1) is 22.7 Å². The Hall–Kier alpha value is -2.98. The van der Waals surface area contributed by atoms with Crippen molar-refractivity contribution in [3.05, 3.63) is 45.3 Å². The molecule has 0 aliphatic carbocycles. The highest BCUT2D eigenvalue weighted by Gasteiger charge is 2.31. The summed E-state index contributed by atoms with van der Waals surface area (Å²) in [6.45, 7) is 0.745. The first-order valence-corrected chi connectivity index (χ1v) is 10.4. The van der Waals surface area contributed by atoms with Crippen molar-refractivity contribution >= 4 is 55.9 Å². The summed E-state index contributed by atoms with van der Waals surface area (Å²) in [5, 5.41) is 3.26. The molecule has 29 heavy (non-hydrogen) atoms. The van der Waals surface area contributed by atoms with E-state index in [1.807, 2.05) is 0 Å². The Morgan fingerprint density at radius 1 is 1.21 bits per heavy atom. The molecule has 1 N–H and O–H groups in total. The maximum Gasteiger partial charge on any atom is 0.409 e. The third kappa shape index (κ3) is 3.56. The van der Waals surface area contributed by atoms with Gasteiger partial charge in [0.1, 0.15) is 5.00 Å². The molecule has 8 nitrogen and oxygen atoms in total. The van der Waals surface area contributed by atoms with Crippen LogP contribution in [-0.4, -0.2) is 48.6 Å². The average molecular weight is 431 g/mol. The third-order valence-electron chi connectivity index (χ3n) is 4.70. The molecule has 4 rings (SSSR count). The number of rotatable bonds is 3. The molecule has 2 aromatic heterocycles. The quantitative estimate of drug-likeness (QED) is 0.637. The molecule has 0 saturated carbocycles. The standard InChI is InChI=1S/C19H17N3O5S2/c1-26-18(24)15-11-5-6-22(19(25)27-2)8-14(11)29-17(15)21-16(23)10-3-4-12-13(7-10)28-9-20-12/h3-4,7,9H,5-6,8H2,1-2H3,(H,21,23). The van der Waals surface area contributed by atoms with E-state index >= 15 is 0 Å². The van der Waals surface area contributed by atoms with Gasteiger partial charge in [0.25, 0.3) is 5.91 Å². The average Bonchev–Trinajstić information content (AvgIpc) is 3.35. The summed E-state index contributed by atoms with van der Waals surface area (Å²) >= 11 is 2.73. The van der Waals surface area contributed by atoms with Crippen molar-refractivity contribution in [2.45, 2.75) is 13.0 Å². The summed E-state index contributed by atoms with van der Waals surface area (Å²) in [5.74, 6) is -0.837. The summed E-state index contributed by atoms with van der Waals surface area (Å²) in [4.78, 5) is 43.7. The Kier molecular flexibility index (Phi) is 5.20. The normalized spacial score (nSPS) is 13.1. The molecule has 0 bridgehead atoms. The highest BCUT2D eigenvalue weighted by molar-refractivity contribution is 7.17. The number of amides is 2. The summed E-state index contributed by atoms with van der Waals surface area (Å²) in [6, 6.07) is 5.25. The number of benzene rings is 1. The van der Waals surface area contributed by atoms with Gasteiger partial charge in [0.05, 0.1) is 42.1 Å². The Labute approximate surface area is 174 Å². The number of ether oxygens (including phenoxy) is 2. The lowest BCUT2D eigenvalue weighted by Crippen LogP contribution is -2.35. The van der Waals surface area contributed by atoms with Gasteiger partial charge in [0.2, 0.25) is 0 Å². The Morgan fingerprint density at radius 3 is 2.79 bits per heavy atom. The van der Waals surface area contributed by atoms with Gasteiger partial charge in [-0.3, -0.25) is 4.79 Å². The summed E-state index contributed by atoms with van der Waals surface area (Å²) in [7, 11) is 2.64. The minimum atomic E-state index is -0.512. The number of carbonyl (C=O) groups is 3. The monoisotopic (exact) mass is 431 g/mol. The van der Waals surface area contributed by atoms with Crippen molar-refractivity contribution in [3.8, 4) is 0 Å². The molecule has 1 aliphatic rings. The van der Waals surface area contributed by atoms with E-state index in [1.165, 1.54) is 36.9 Å². The van der Waals surface area contributed by atoms with E-state index in [4.69, 9.17) is 9.47 Å². The van der Waals surface area contributed by atoms with Gasteiger partial charge in [0.15, 0.2) is 0 Å². The molecule has 0 fully saturated rings. The summed E-state index contributed by atoms with van der Waals surface area (Å²) in [6.07, 6.45) is 0.0563. The number of nitrogens with zero attached hydrogens (tertiary/aromatic N) is 2. The molecule has 1 aromatic carbocycles. The highest BCUT2D eigenvalue weighted by Crippen LogP contribution is 2.38. The first-order chi connectivity index (χ1) is 14.0. The minimum Gasteiger partial charge on any atom is -0.465 e. The molecule has 3 aromatic rings. The summed E-state index contributed by atoms with van der Waals surface area (Å²) < 4.78 is 10.6. The number of aromatic nitrogens is 1. The zero-order chi connectivity index (χ0) is 20.5. The fourth-order valence-corrected chi connectivity index (χ4v) is 5.23. The van der Waals surface area contributed by atoms with Gasteiger partial charge in [-0.25, -0.2) is 14.6 Å². The molecule has 0 unspecified atom stereocenters. The van der Waals surface area contributed by atoms with Crippen molar-refractivity contribution in [1.29, 1.82) is 0 Å². The van der Waals surface area contributed by atoms with Crippen LogP contribution < -0.4 is 5.32 Å². The van der Waals surface area contributed by atoms with Crippen LogP contribution in [0.25, 0.3) is 10.2 Å². The zero-order valence-electron chi connectivity index (χ0n) is 15.7. The number of carbonyl (C=O) groups excluding carboxylic acids is 3. The number of methoxy groups -OCH3 is 2. The van der Waals surface area contributed by atoms with Gasteiger partial charge in [-0.1, -0.05) is 0 Å². The van der Waals surface area contributed by atoms with Gasteiger partial charge >= 0.3 is 12.1 Å². The predicted octanol–water partition coefficient (Wildman–Crippen LogP) is 3.52. The number of nitrogens with one attached hydrogen (secondary N) is 1. The van der Waals surface area contributed by atoms with Crippen molar-refractivity contribution in [2.24, 2.45) is 0 Å². The van der Waals surface area contributed by atoms with E-state index in [9.17, 15) is 14.4 Å². The molecule has 3 heterocycles. The smallest absolute Gasteiger partial charge is 0.409 e. The number of fused-ring (bicyclic) bond motifs is 2. The molecule has 0 saturated heterocycles. The molecule has 10 heteroatoms. The van der Waals surface area contributed by atoms with E-state index in [-0.39, 0.29) is 5.91 Å². The van der Waals surface area contributed by atoms with Gasteiger partial charge < -0.3 is 19.7 Å². The first-order valence-electron chi connectivity index (χ1n) is 8.72. The van der Waals surface area contributed by atoms with E-state index in [2.05, 4.69) is 10.3 Å². The number of esters is 1. The SMILES string of the molecule is COC(=O)c1c(NC(=O)c2ccc3ncsc3c2)sc2c1CCN(C(=O)OC)C2. The predicted molar refractivity (Wildman–Crippen MR) is 110 cm³/mol. The van der Waals surface area contributed by atoms with E-state index in [0.717, 1.165) is 20.7 Å². The van der Waals surface area contributed by atoms with Crippen LogP contribution in [0.3, 0.4) is 0 Å². The fourth-order valence-electron chi connectivity index (χ4n) is 3.27. The van der Waals surface area contributed by atoms with Crippen LogP contribution in [0.2, 0.25) is 0 Å². The fraction of sp³-hybridized carbons (Fsp3) is 0.263. The number of hydrogen-bond donors (Lipinski definition) is 1. The molecule has 0 spiro atoms. The van der Waals surface area contributed by atoms with Crippen molar-refractivity contribution < 1.29 is 23.9 Å². The lowest BCUT2D eigenvalue weighted by molar-refractivity contribution is 0.0600. The number of anilines is 1.